The maximum absolute atomic E-state index is 12.7. The third kappa shape index (κ3) is 5.00. The molecule has 0 aliphatic rings. The predicted octanol–water partition coefficient (Wildman–Crippen LogP) is 5.91. The number of nitrogens with zero attached hydrogens (tertiary/aromatic N) is 2. The van der Waals surface area contributed by atoms with Crippen molar-refractivity contribution in [2.24, 2.45) is 0 Å². The van der Waals surface area contributed by atoms with Gasteiger partial charge in [0.05, 0.1) is 23.4 Å². The number of halogens is 1. The van der Waals surface area contributed by atoms with Gasteiger partial charge in [-0.05, 0) is 32.0 Å². The Balaban J connectivity index is 1.52. The summed E-state index contributed by atoms with van der Waals surface area (Å²) in [5.74, 6) is -0.970. The highest BCUT2D eigenvalue weighted by Gasteiger charge is 2.21. The summed E-state index contributed by atoms with van der Waals surface area (Å²) in [6.07, 6.45) is 0.946. The Morgan fingerprint density at radius 3 is 2.50 bits per heavy atom. The molecule has 1 atom stereocenters. The van der Waals surface area contributed by atoms with Crippen LogP contribution in [0.15, 0.2) is 71.4 Å². The minimum atomic E-state index is -1.02. The number of carboxylic acids is 1. The maximum atomic E-state index is 12.7. The fourth-order valence-corrected chi connectivity index (χ4v) is 3.88. The number of esters is 1. The molecular weight excluding hydrogens is 456 g/mol. The standard InChI is InChI=1S/C26H21ClN2O5/c1-15-21(14-24(30)33-16(2)20-5-3-4-6-22(20)27)25(34-29-15)18-9-7-17(8-10-18)23-13-19(26(31)32)11-12-28-23/h3-13,16H,14H2,1-2H3,(H,31,32). The number of carbonyl (C=O) groups is 2. The van der Waals surface area contributed by atoms with E-state index in [9.17, 15) is 14.7 Å². The van der Waals surface area contributed by atoms with Gasteiger partial charge in [-0.1, -0.05) is 59.2 Å². The number of pyridine rings is 1. The molecule has 1 unspecified atom stereocenters. The van der Waals surface area contributed by atoms with Gasteiger partial charge >= 0.3 is 11.9 Å². The second kappa shape index (κ2) is 9.89. The highest BCUT2D eigenvalue weighted by Crippen LogP contribution is 2.30. The summed E-state index contributed by atoms with van der Waals surface area (Å²) in [7, 11) is 0. The minimum Gasteiger partial charge on any atom is -0.478 e. The van der Waals surface area contributed by atoms with Crippen LogP contribution in [0.25, 0.3) is 22.6 Å². The molecule has 0 spiro atoms. The molecule has 2 aromatic carbocycles. The van der Waals surface area contributed by atoms with Crippen LogP contribution in [-0.2, 0) is 16.0 Å². The quantitative estimate of drug-likeness (QED) is 0.331. The second-order valence-corrected chi connectivity index (χ2v) is 8.13. The zero-order chi connectivity index (χ0) is 24.2. The highest BCUT2D eigenvalue weighted by molar-refractivity contribution is 6.31. The molecule has 0 amide bonds. The first-order valence-corrected chi connectivity index (χ1v) is 10.9. The number of hydrogen-bond donors (Lipinski definition) is 1. The number of aryl methyl sites for hydroxylation is 1. The van der Waals surface area contributed by atoms with E-state index in [1.165, 1.54) is 18.3 Å². The third-order valence-electron chi connectivity index (χ3n) is 5.41. The van der Waals surface area contributed by atoms with Crippen molar-refractivity contribution in [3.63, 3.8) is 0 Å². The van der Waals surface area contributed by atoms with Crippen molar-refractivity contribution in [2.45, 2.75) is 26.4 Å². The summed E-state index contributed by atoms with van der Waals surface area (Å²) < 4.78 is 11.1. The highest BCUT2D eigenvalue weighted by atomic mass is 35.5. The van der Waals surface area contributed by atoms with Crippen LogP contribution in [0.4, 0.5) is 0 Å². The van der Waals surface area contributed by atoms with Crippen LogP contribution in [0, 0.1) is 6.92 Å². The van der Waals surface area contributed by atoms with E-state index in [1.54, 1.807) is 19.9 Å². The van der Waals surface area contributed by atoms with Crippen LogP contribution in [0.1, 0.15) is 40.2 Å². The molecule has 0 aliphatic heterocycles. The van der Waals surface area contributed by atoms with Gasteiger partial charge < -0.3 is 14.4 Å². The Bertz CT molecular complexity index is 1350. The SMILES string of the molecule is Cc1noc(-c2ccc(-c3cc(C(=O)O)ccn3)cc2)c1CC(=O)OC(C)c1ccccc1Cl. The molecule has 7 nitrogen and oxygen atoms in total. The number of carbonyl (C=O) groups excluding carboxylic acids is 1. The summed E-state index contributed by atoms with van der Waals surface area (Å²) in [6.45, 7) is 3.54. The van der Waals surface area contributed by atoms with E-state index in [1.807, 2.05) is 42.5 Å². The molecule has 0 saturated heterocycles. The lowest BCUT2D eigenvalue weighted by atomic mass is 10.0. The normalized spacial score (nSPS) is 11.7. The van der Waals surface area contributed by atoms with E-state index in [0.29, 0.717) is 27.7 Å². The molecule has 1 N–H and O–H groups in total. The van der Waals surface area contributed by atoms with Crippen LogP contribution in [0.5, 0.6) is 0 Å². The Kier molecular flexibility index (Phi) is 6.75. The van der Waals surface area contributed by atoms with E-state index >= 15 is 0 Å². The van der Waals surface area contributed by atoms with Crippen molar-refractivity contribution in [2.75, 3.05) is 0 Å². The average Bonchev–Trinajstić information content (AvgIpc) is 3.19. The van der Waals surface area contributed by atoms with Gasteiger partial charge in [-0.3, -0.25) is 9.78 Å². The summed E-state index contributed by atoms with van der Waals surface area (Å²) in [4.78, 5) is 28.1. The van der Waals surface area contributed by atoms with Crippen molar-refractivity contribution in [1.29, 1.82) is 0 Å². The van der Waals surface area contributed by atoms with Gasteiger partial charge in [-0.25, -0.2) is 4.79 Å². The van der Waals surface area contributed by atoms with E-state index in [4.69, 9.17) is 20.9 Å². The van der Waals surface area contributed by atoms with Crippen molar-refractivity contribution in [3.05, 3.63) is 94.3 Å². The van der Waals surface area contributed by atoms with Crippen molar-refractivity contribution < 1.29 is 24.0 Å². The molecule has 0 bridgehead atoms. The number of benzene rings is 2. The smallest absolute Gasteiger partial charge is 0.335 e. The molecular formula is C26H21ClN2O5. The van der Waals surface area contributed by atoms with Crippen molar-refractivity contribution in [3.8, 4) is 22.6 Å². The number of carboxylic acid groups (broad SMARTS) is 1. The number of rotatable bonds is 7. The summed E-state index contributed by atoms with van der Waals surface area (Å²) >= 11 is 6.21. The lowest BCUT2D eigenvalue weighted by Crippen LogP contribution is -2.12. The Hall–Kier alpha value is -3.97. The van der Waals surface area contributed by atoms with Gasteiger partial charge in [0.15, 0.2) is 5.76 Å². The Morgan fingerprint density at radius 1 is 1.09 bits per heavy atom. The fraction of sp³-hybridized carbons (Fsp3) is 0.154. The first-order valence-electron chi connectivity index (χ1n) is 10.5. The largest absolute Gasteiger partial charge is 0.478 e. The van der Waals surface area contributed by atoms with Gasteiger partial charge in [-0.2, -0.15) is 0 Å². The molecule has 2 heterocycles. The lowest BCUT2D eigenvalue weighted by molar-refractivity contribution is -0.147. The van der Waals surface area contributed by atoms with Gasteiger partial charge in [-0.15, -0.1) is 0 Å². The molecule has 0 aliphatic carbocycles. The third-order valence-corrected chi connectivity index (χ3v) is 5.75. The summed E-state index contributed by atoms with van der Waals surface area (Å²) in [5, 5.41) is 13.8. The molecule has 8 heteroatoms. The average molecular weight is 477 g/mol. The topological polar surface area (TPSA) is 103 Å². The zero-order valence-corrected chi connectivity index (χ0v) is 19.2. The zero-order valence-electron chi connectivity index (χ0n) is 18.5. The molecule has 0 saturated carbocycles. The van der Waals surface area contributed by atoms with Gasteiger partial charge in [0.2, 0.25) is 0 Å². The predicted molar refractivity (Wildman–Crippen MR) is 127 cm³/mol. The van der Waals surface area contributed by atoms with Crippen molar-refractivity contribution in [1.82, 2.24) is 10.1 Å². The first-order chi connectivity index (χ1) is 16.3. The van der Waals surface area contributed by atoms with Crippen LogP contribution >= 0.6 is 11.6 Å². The Morgan fingerprint density at radius 2 is 1.79 bits per heavy atom. The van der Waals surface area contributed by atoms with E-state index in [2.05, 4.69) is 10.1 Å². The number of aromatic nitrogens is 2. The molecule has 0 radical (unpaired) electrons. The van der Waals surface area contributed by atoms with Crippen LogP contribution in [-0.4, -0.2) is 27.2 Å². The lowest BCUT2D eigenvalue weighted by Gasteiger charge is -2.15. The van der Waals surface area contributed by atoms with E-state index in [0.717, 1.165) is 16.7 Å². The fourth-order valence-electron chi connectivity index (χ4n) is 3.59. The summed E-state index contributed by atoms with van der Waals surface area (Å²) in [6, 6.07) is 17.4. The van der Waals surface area contributed by atoms with E-state index in [-0.39, 0.29) is 12.0 Å². The first kappa shape index (κ1) is 23.2. The van der Waals surface area contributed by atoms with Crippen molar-refractivity contribution >= 4 is 23.5 Å². The second-order valence-electron chi connectivity index (χ2n) is 7.72. The minimum absolute atomic E-state index is 0.0105. The molecule has 0 fully saturated rings. The van der Waals surface area contributed by atoms with Gasteiger partial charge in [0, 0.05) is 33.5 Å². The maximum Gasteiger partial charge on any atom is 0.335 e. The monoisotopic (exact) mass is 476 g/mol. The van der Waals surface area contributed by atoms with Crippen LogP contribution in [0.2, 0.25) is 5.02 Å². The molecule has 4 rings (SSSR count). The number of aromatic carboxylic acids is 1. The number of hydrogen-bond acceptors (Lipinski definition) is 6. The molecule has 34 heavy (non-hydrogen) atoms. The molecule has 4 aromatic rings. The molecule has 2 aromatic heterocycles. The van der Waals surface area contributed by atoms with Crippen LogP contribution < -0.4 is 0 Å². The van der Waals surface area contributed by atoms with Gasteiger partial charge in [0.25, 0.3) is 0 Å². The summed E-state index contributed by atoms with van der Waals surface area (Å²) in [5.41, 5.74) is 4.13. The van der Waals surface area contributed by atoms with Crippen LogP contribution in [0.3, 0.4) is 0 Å². The Labute approximate surface area is 201 Å². The molecule has 172 valence electrons. The van der Waals surface area contributed by atoms with Gasteiger partial charge in [0.1, 0.15) is 6.10 Å². The van der Waals surface area contributed by atoms with E-state index < -0.39 is 18.0 Å². The number of ether oxygens (including phenoxy) is 1.